The smallest absolute Gasteiger partial charge is 0.266 e. The van der Waals surface area contributed by atoms with Gasteiger partial charge in [0.05, 0.1) is 10.2 Å². The second kappa shape index (κ2) is 5.16. The zero-order valence-corrected chi connectivity index (χ0v) is 14.0. The highest BCUT2D eigenvalue weighted by molar-refractivity contribution is 9.10. The van der Waals surface area contributed by atoms with E-state index in [0.29, 0.717) is 22.6 Å². The van der Waals surface area contributed by atoms with Crippen LogP contribution in [0.4, 0.5) is 5.95 Å². The first-order valence-corrected chi connectivity index (χ1v) is 7.38. The number of aryl methyl sites for hydroxylation is 2. The van der Waals surface area contributed by atoms with Gasteiger partial charge in [0.15, 0.2) is 0 Å². The van der Waals surface area contributed by atoms with Crippen molar-refractivity contribution >= 4 is 32.9 Å². The van der Waals surface area contributed by atoms with Crippen molar-refractivity contribution in [3.8, 4) is 0 Å². The highest BCUT2D eigenvalue weighted by atomic mass is 79.9. The third-order valence-corrected chi connectivity index (χ3v) is 3.46. The first-order valence-electron chi connectivity index (χ1n) is 6.59. The zero-order valence-electron chi connectivity index (χ0n) is 12.4. The molecule has 0 saturated carbocycles. The van der Waals surface area contributed by atoms with Crippen molar-refractivity contribution in [3.63, 3.8) is 0 Å². The summed E-state index contributed by atoms with van der Waals surface area (Å²) in [7, 11) is 0. The van der Waals surface area contributed by atoms with Crippen LogP contribution in [0.3, 0.4) is 0 Å². The standard InChI is InChI=1S/C14H19BrN4O/c1-6-19-11-9(7-10(15)12(19)20)8(2)16-13(17-11)18-14(3,4)5/h7H,6H2,1-5H3,(H,16,17,18). The molecule has 2 aromatic heterocycles. The molecular weight excluding hydrogens is 320 g/mol. The Bertz CT molecular complexity index is 716. The van der Waals surface area contributed by atoms with Gasteiger partial charge in [-0.05, 0) is 56.6 Å². The fourth-order valence-electron chi connectivity index (χ4n) is 2.04. The van der Waals surface area contributed by atoms with Gasteiger partial charge in [-0.15, -0.1) is 0 Å². The van der Waals surface area contributed by atoms with E-state index in [-0.39, 0.29) is 11.1 Å². The third-order valence-electron chi connectivity index (χ3n) is 2.90. The van der Waals surface area contributed by atoms with Crippen LogP contribution in [-0.4, -0.2) is 20.1 Å². The van der Waals surface area contributed by atoms with Crippen LogP contribution in [0, 0.1) is 6.92 Å². The van der Waals surface area contributed by atoms with Crippen molar-refractivity contribution in [2.24, 2.45) is 0 Å². The molecule has 0 amide bonds. The summed E-state index contributed by atoms with van der Waals surface area (Å²) in [6.45, 7) is 10.6. The molecule has 0 fully saturated rings. The number of nitrogens with zero attached hydrogens (tertiary/aromatic N) is 3. The van der Waals surface area contributed by atoms with Gasteiger partial charge in [-0.2, -0.15) is 4.98 Å². The lowest BCUT2D eigenvalue weighted by Crippen LogP contribution is -2.28. The quantitative estimate of drug-likeness (QED) is 0.913. The van der Waals surface area contributed by atoms with Crippen molar-refractivity contribution in [3.05, 3.63) is 26.6 Å². The maximum Gasteiger partial charge on any atom is 0.266 e. The van der Waals surface area contributed by atoms with Gasteiger partial charge in [-0.1, -0.05) is 0 Å². The number of fused-ring (bicyclic) bond motifs is 1. The minimum absolute atomic E-state index is 0.0696. The summed E-state index contributed by atoms with van der Waals surface area (Å²) in [5.74, 6) is 0.548. The molecule has 2 heterocycles. The Kier molecular flexibility index (Phi) is 3.86. The highest BCUT2D eigenvalue weighted by Crippen LogP contribution is 2.20. The van der Waals surface area contributed by atoms with Gasteiger partial charge >= 0.3 is 0 Å². The molecule has 0 aliphatic heterocycles. The molecule has 0 spiro atoms. The Morgan fingerprint density at radius 1 is 1.35 bits per heavy atom. The van der Waals surface area contributed by atoms with Gasteiger partial charge in [0.25, 0.3) is 5.56 Å². The van der Waals surface area contributed by atoms with Crippen LogP contribution in [0.15, 0.2) is 15.3 Å². The average molecular weight is 339 g/mol. The highest BCUT2D eigenvalue weighted by Gasteiger charge is 2.15. The Balaban J connectivity index is 2.75. The van der Waals surface area contributed by atoms with Gasteiger partial charge < -0.3 is 5.32 Å². The number of rotatable bonds is 2. The number of hydrogen-bond donors (Lipinski definition) is 1. The molecule has 2 aromatic rings. The van der Waals surface area contributed by atoms with E-state index >= 15 is 0 Å². The van der Waals surface area contributed by atoms with Crippen LogP contribution in [-0.2, 0) is 6.54 Å². The molecule has 0 radical (unpaired) electrons. The van der Waals surface area contributed by atoms with E-state index in [9.17, 15) is 4.79 Å². The Hall–Kier alpha value is -1.43. The molecule has 0 aliphatic carbocycles. The average Bonchev–Trinajstić information content (AvgIpc) is 2.30. The van der Waals surface area contributed by atoms with Gasteiger partial charge in [0.2, 0.25) is 5.95 Å². The summed E-state index contributed by atoms with van der Waals surface area (Å²) < 4.78 is 2.19. The molecule has 2 rings (SSSR count). The molecule has 0 aliphatic rings. The maximum atomic E-state index is 12.2. The minimum atomic E-state index is -0.132. The van der Waals surface area contributed by atoms with Crippen LogP contribution in [0.25, 0.3) is 11.0 Å². The van der Waals surface area contributed by atoms with Gasteiger partial charge in [-0.25, -0.2) is 4.98 Å². The number of aromatic nitrogens is 3. The van der Waals surface area contributed by atoms with Crippen molar-refractivity contribution in [1.29, 1.82) is 0 Å². The SMILES string of the molecule is CCn1c(=O)c(Br)cc2c(C)nc(NC(C)(C)C)nc21. The molecule has 0 bridgehead atoms. The van der Waals surface area contributed by atoms with Crippen molar-refractivity contribution in [1.82, 2.24) is 14.5 Å². The largest absolute Gasteiger partial charge is 0.350 e. The lowest BCUT2D eigenvalue weighted by Gasteiger charge is -2.21. The van der Waals surface area contributed by atoms with Crippen LogP contribution in [0.2, 0.25) is 0 Å². The number of hydrogen-bond acceptors (Lipinski definition) is 4. The monoisotopic (exact) mass is 338 g/mol. The van der Waals surface area contributed by atoms with Crippen LogP contribution in [0.5, 0.6) is 0 Å². The summed E-state index contributed by atoms with van der Waals surface area (Å²) >= 11 is 3.30. The summed E-state index contributed by atoms with van der Waals surface area (Å²) in [5, 5.41) is 4.14. The lowest BCUT2D eigenvalue weighted by atomic mass is 10.1. The van der Waals surface area contributed by atoms with E-state index in [4.69, 9.17) is 0 Å². The van der Waals surface area contributed by atoms with Gasteiger partial charge in [0, 0.05) is 17.5 Å². The molecule has 6 heteroatoms. The fraction of sp³-hybridized carbons (Fsp3) is 0.500. The Morgan fingerprint density at radius 3 is 2.55 bits per heavy atom. The fourth-order valence-corrected chi connectivity index (χ4v) is 2.48. The molecule has 0 atom stereocenters. The number of nitrogens with one attached hydrogen (secondary N) is 1. The Labute approximate surface area is 126 Å². The molecule has 108 valence electrons. The summed E-state index contributed by atoms with van der Waals surface area (Å²) in [6.07, 6.45) is 0. The van der Waals surface area contributed by atoms with Crippen molar-refractivity contribution in [2.45, 2.75) is 46.7 Å². The maximum absolute atomic E-state index is 12.2. The van der Waals surface area contributed by atoms with E-state index in [0.717, 1.165) is 11.1 Å². The van der Waals surface area contributed by atoms with E-state index in [1.54, 1.807) is 10.6 Å². The van der Waals surface area contributed by atoms with Crippen LogP contribution in [0.1, 0.15) is 33.4 Å². The van der Waals surface area contributed by atoms with Gasteiger partial charge in [-0.3, -0.25) is 9.36 Å². The molecule has 0 aromatic carbocycles. The van der Waals surface area contributed by atoms with E-state index in [1.807, 2.05) is 34.6 Å². The summed E-state index contributed by atoms with van der Waals surface area (Å²) in [6, 6.07) is 1.79. The van der Waals surface area contributed by atoms with E-state index in [1.165, 1.54) is 0 Å². The number of halogens is 1. The second-order valence-corrected chi connectivity index (χ2v) is 6.64. The van der Waals surface area contributed by atoms with Gasteiger partial charge in [0.1, 0.15) is 5.65 Å². The molecule has 0 saturated heterocycles. The molecule has 0 unspecified atom stereocenters. The third kappa shape index (κ3) is 2.85. The van der Waals surface area contributed by atoms with E-state index < -0.39 is 0 Å². The van der Waals surface area contributed by atoms with E-state index in [2.05, 4.69) is 31.2 Å². The topological polar surface area (TPSA) is 59.8 Å². The van der Waals surface area contributed by atoms with Crippen LogP contribution >= 0.6 is 15.9 Å². The minimum Gasteiger partial charge on any atom is -0.350 e. The van der Waals surface area contributed by atoms with Crippen molar-refractivity contribution < 1.29 is 0 Å². The molecule has 1 N–H and O–H groups in total. The molecule has 5 nitrogen and oxygen atoms in total. The number of pyridine rings is 1. The van der Waals surface area contributed by atoms with Crippen molar-refractivity contribution in [2.75, 3.05) is 5.32 Å². The zero-order chi connectivity index (χ0) is 15.1. The van der Waals surface area contributed by atoms with Crippen LogP contribution < -0.4 is 10.9 Å². The predicted molar refractivity (Wildman–Crippen MR) is 85.3 cm³/mol. The first-order chi connectivity index (χ1) is 9.23. The summed E-state index contributed by atoms with van der Waals surface area (Å²) in [4.78, 5) is 21.1. The Morgan fingerprint density at radius 2 is 2.00 bits per heavy atom. The lowest BCUT2D eigenvalue weighted by molar-refractivity contribution is 0.625. The second-order valence-electron chi connectivity index (χ2n) is 5.79. The molecular formula is C14H19BrN4O. The molecule has 20 heavy (non-hydrogen) atoms. The number of anilines is 1. The summed E-state index contributed by atoms with van der Waals surface area (Å²) in [5.41, 5.74) is 1.32. The first kappa shape index (κ1) is 15.0. The predicted octanol–water partition coefficient (Wildman–Crippen LogP) is 3.09. The normalized spacial score (nSPS) is 11.9.